The third-order valence-corrected chi connectivity index (χ3v) is 3.86. The molecular weight excluding hydrogens is 200 g/mol. The Morgan fingerprint density at radius 3 is 2.06 bits per heavy atom. The number of likely N-dealkylation sites (tertiary alicyclic amines) is 2. The average Bonchev–Trinajstić information content (AvgIpc) is 2.28. The van der Waals surface area contributed by atoms with Crippen LogP contribution in [0.25, 0.3) is 0 Å². The number of hydrogen-bond donors (Lipinski definition) is 0. The summed E-state index contributed by atoms with van der Waals surface area (Å²) in [4.78, 5) is 15.6. The van der Waals surface area contributed by atoms with Crippen LogP contribution in [-0.4, -0.2) is 48.4 Å². The summed E-state index contributed by atoms with van der Waals surface area (Å²) in [6, 6.07) is 0. The van der Waals surface area contributed by atoms with Crippen LogP contribution in [0.15, 0.2) is 0 Å². The van der Waals surface area contributed by atoms with Crippen LogP contribution in [0.2, 0.25) is 0 Å². The molecule has 0 N–H and O–H groups in total. The second-order valence-electron chi connectivity index (χ2n) is 4.81. The standard InChI is InChI=1S/C11H20N2O.C2H6/c1-3-12-6-4-11(5-7-12)8-13(9-11)10(2)14;1-2/h3-9H2,1-2H3;1-2H3. The molecule has 0 aromatic carbocycles. The summed E-state index contributed by atoms with van der Waals surface area (Å²) in [5, 5.41) is 0. The molecule has 3 nitrogen and oxygen atoms in total. The first-order valence-corrected chi connectivity index (χ1v) is 6.63. The Morgan fingerprint density at radius 1 is 1.19 bits per heavy atom. The van der Waals surface area contributed by atoms with E-state index in [2.05, 4.69) is 11.8 Å². The van der Waals surface area contributed by atoms with Crippen molar-refractivity contribution < 1.29 is 4.79 Å². The number of carbonyl (C=O) groups is 1. The lowest BCUT2D eigenvalue weighted by atomic mass is 9.72. The molecule has 3 heteroatoms. The van der Waals surface area contributed by atoms with Crippen molar-refractivity contribution in [2.75, 3.05) is 32.7 Å². The van der Waals surface area contributed by atoms with Gasteiger partial charge in [0.15, 0.2) is 0 Å². The van der Waals surface area contributed by atoms with E-state index >= 15 is 0 Å². The summed E-state index contributed by atoms with van der Waals surface area (Å²) in [5.41, 5.74) is 0.497. The van der Waals surface area contributed by atoms with Crippen molar-refractivity contribution in [2.45, 2.75) is 40.5 Å². The number of amides is 1. The second-order valence-corrected chi connectivity index (χ2v) is 4.81. The summed E-state index contributed by atoms with van der Waals surface area (Å²) in [6.07, 6.45) is 2.56. The number of rotatable bonds is 1. The SMILES string of the molecule is CC.CCN1CCC2(CC1)CN(C(C)=O)C2. The van der Waals surface area contributed by atoms with Crippen LogP contribution in [0.1, 0.15) is 40.5 Å². The summed E-state index contributed by atoms with van der Waals surface area (Å²) in [7, 11) is 0. The molecule has 94 valence electrons. The Labute approximate surface area is 99.8 Å². The molecule has 16 heavy (non-hydrogen) atoms. The van der Waals surface area contributed by atoms with Gasteiger partial charge in [0, 0.05) is 25.4 Å². The van der Waals surface area contributed by atoms with E-state index < -0.39 is 0 Å². The summed E-state index contributed by atoms with van der Waals surface area (Å²) < 4.78 is 0. The molecule has 2 aliphatic rings. The molecule has 0 aliphatic carbocycles. The zero-order chi connectivity index (χ0) is 12.2. The van der Waals surface area contributed by atoms with Crippen LogP contribution in [0, 0.1) is 5.41 Å². The number of carbonyl (C=O) groups excluding carboxylic acids is 1. The van der Waals surface area contributed by atoms with Gasteiger partial charge in [0.05, 0.1) is 0 Å². The number of hydrogen-bond acceptors (Lipinski definition) is 2. The van der Waals surface area contributed by atoms with Crippen LogP contribution in [0.5, 0.6) is 0 Å². The van der Waals surface area contributed by atoms with Crippen molar-refractivity contribution in [3.8, 4) is 0 Å². The van der Waals surface area contributed by atoms with Crippen LogP contribution in [-0.2, 0) is 4.79 Å². The molecule has 1 spiro atoms. The van der Waals surface area contributed by atoms with Crippen molar-refractivity contribution in [3.63, 3.8) is 0 Å². The van der Waals surface area contributed by atoms with Gasteiger partial charge in [-0.15, -0.1) is 0 Å². The Morgan fingerprint density at radius 2 is 1.69 bits per heavy atom. The predicted octanol–water partition coefficient (Wildman–Crippen LogP) is 1.98. The molecule has 2 heterocycles. The molecule has 0 saturated carbocycles. The molecule has 0 aromatic heterocycles. The lowest BCUT2D eigenvalue weighted by molar-refractivity contribution is -0.144. The smallest absolute Gasteiger partial charge is 0.219 e. The molecule has 2 saturated heterocycles. The fourth-order valence-corrected chi connectivity index (χ4v) is 2.65. The molecule has 0 unspecified atom stereocenters. The van der Waals surface area contributed by atoms with Gasteiger partial charge >= 0.3 is 0 Å². The van der Waals surface area contributed by atoms with E-state index in [0.717, 1.165) is 13.1 Å². The quantitative estimate of drug-likeness (QED) is 0.682. The summed E-state index contributed by atoms with van der Waals surface area (Å²) in [6.45, 7) is 13.5. The Kier molecular flexibility index (Phi) is 4.78. The van der Waals surface area contributed by atoms with E-state index in [1.807, 2.05) is 18.7 Å². The molecular formula is C13H26N2O. The molecule has 1 amide bonds. The van der Waals surface area contributed by atoms with Gasteiger partial charge in [-0.05, 0) is 32.5 Å². The van der Waals surface area contributed by atoms with Gasteiger partial charge < -0.3 is 9.80 Å². The molecule has 2 rings (SSSR count). The fourth-order valence-electron chi connectivity index (χ4n) is 2.65. The van der Waals surface area contributed by atoms with E-state index in [4.69, 9.17) is 0 Å². The van der Waals surface area contributed by atoms with Crippen molar-refractivity contribution in [1.29, 1.82) is 0 Å². The summed E-state index contributed by atoms with van der Waals surface area (Å²) >= 11 is 0. The van der Waals surface area contributed by atoms with Crippen molar-refractivity contribution in [1.82, 2.24) is 9.80 Å². The highest BCUT2D eigenvalue weighted by Crippen LogP contribution is 2.40. The maximum Gasteiger partial charge on any atom is 0.219 e. The topological polar surface area (TPSA) is 23.6 Å². The molecule has 0 bridgehead atoms. The zero-order valence-electron chi connectivity index (χ0n) is 11.3. The minimum atomic E-state index is 0.244. The fraction of sp³-hybridized carbons (Fsp3) is 0.923. The van der Waals surface area contributed by atoms with Crippen molar-refractivity contribution in [3.05, 3.63) is 0 Å². The number of nitrogens with zero attached hydrogens (tertiary/aromatic N) is 2. The van der Waals surface area contributed by atoms with Gasteiger partial charge in [-0.25, -0.2) is 0 Å². The van der Waals surface area contributed by atoms with Gasteiger partial charge in [0.25, 0.3) is 0 Å². The Hall–Kier alpha value is -0.570. The third kappa shape index (κ3) is 2.76. The molecule has 0 atom stereocenters. The molecule has 2 fully saturated rings. The lowest BCUT2D eigenvalue weighted by Gasteiger charge is -2.53. The van der Waals surface area contributed by atoms with Gasteiger partial charge in [-0.1, -0.05) is 20.8 Å². The van der Waals surface area contributed by atoms with Crippen molar-refractivity contribution >= 4 is 5.91 Å². The van der Waals surface area contributed by atoms with E-state index in [0.29, 0.717) is 5.41 Å². The largest absolute Gasteiger partial charge is 0.342 e. The second kappa shape index (κ2) is 5.67. The highest BCUT2D eigenvalue weighted by atomic mass is 16.2. The highest BCUT2D eigenvalue weighted by molar-refractivity contribution is 5.74. The van der Waals surface area contributed by atoms with E-state index in [1.165, 1.54) is 32.5 Å². The maximum absolute atomic E-state index is 11.1. The molecule has 2 aliphatic heterocycles. The molecule has 0 aromatic rings. The predicted molar refractivity (Wildman–Crippen MR) is 67.4 cm³/mol. The Balaban J connectivity index is 0.000000606. The summed E-state index contributed by atoms with van der Waals surface area (Å²) in [5.74, 6) is 0.244. The van der Waals surface area contributed by atoms with Crippen molar-refractivity contribution in [2.24, 2.45) is 5.41 Å². The van der Waals surface area contributed by atoms with Gasteiger partial charge in [0.2, 0.25) is 5.91 Å². The molecule has 0 radical (unpaired) electrons. The third-order valence-electron chi connectivity index (χ3n) is 3.86. The minimum absolute atomic E-state index is 0.244. The zero-order valence-corrected chi connectivity index (χ0v) is 11.3. The first-order chi connectivity index (χ1) is 7.65. The highest BCUT2D eigenvalue weighted by Gasteiger charge is 2.45. The average molecular weight is 226 g/mol. The number of piperidine rings is 1. The van der Waals surface area contributed by atoms with Crippen LogP contribution in [0.3, 0.4) is 0 Å². The Bertz CT molecular complexity index is 224. The first kappa shape index (κ1) is 13.5. The van der Waals surface area contributed by atoms with Crippen LogP contribution >= 0.6 is 0 Å². The minimum Gasteiger partial charge on any atom is -0.342 e. The van der Waals surface area contributed by atoms with Gasteiger partial charge in [-0.2, -0.15) is 0 Å². The van der Waals surface area contributed by atoms with E-state index in [1.54, 1.807) is 6.92 Å². The van der Waals surface area contributed by atoms with Gasteiger partial charge in [0.1, 0.15) is 0 Å². The van der Waals surface area contributed by atoms with Crippen LogP contribution in [0.4, 0.5) is 0 Å². The monoisotopic (exact) mass is 226 g/mol. The van der Waals surface area contributed by atoms with E-state index in [9.17, 15) is 4.79 Å². The normalized spacial score (nSPS) is 23.4. The van der Waals surface area contributed by atoms with Crippen LogP contribution < -0.4 is 0 Å². The maximum atomic E-state index is 11.1. The van der Waals surface area contributed by atoms with Gasteiger partial charge in [-0.3, -0.25) is 4.79 Å². The lowest BCUT2D eigenvalue weighted by Crippen LogP contribution is -2.61. The van der Waals surface area contributed by atoms with E-state index in [-0.39, 0.29) is 5.91 Å². The first-order valence-electron chi connectivity index (χ1n) is 6.63.